The van der Waals surface area contributed by atoms with E-state index in [2.05, 4.69) is 15.9 Å². The molecule has 6 heteroatoms. The molecule has 0 aliphatic heterocycles. The van der Waals surface area contributed by atoms with E-state index in [1.807, 2.05) is 12.1 Å². The molecule has 0 saturated heterocycles. The van der Waals surface area contributed by atoms with Gasteiger partial charge in [0.15, 0.2) is 0 Å². The molecule has 0 aliphatic rings. The van der Waals surface area contributed by atoms with Crippen molar-refractivity contribution in [2.24, 2.45) is 0 Å². The monoisotopic (exact) mass is 326 g/mol. The van der Waals surface area contributed by atoms with Gasteiger partial charge in [0.25, 0.3) is 0 Å². The summed E-state index contributed by atoms with van der Waals surface area (Å²) >= 11 is 3.33. The fourth-order valence-electron chi connectivity index (χ4n) is 1.75. The van der Waals surface area contributed by atoms with E-state index < -0.39 is 13.3 Å². The van der Waals surface area contributed by atoms with Gasteiger partial charge in [-0.3, -0.25) is 0 Å². The Morgan fingerprint density at radius 1 is 0.941 bits per heavy atom. The smallest absolute Gasteiger partial charge is 0.449 e. The molecule has 17 heavy (non-hydrogen) atoms. The summed E-state index contributed by atoms with van der Waals surface area (Å²) in [5, 5.41) is 1.48. The summed E-state index contributed by atoms with van der Waals surface area (Å²) in [6, 6.07) is 10.3. The van der Waals surface area contributed by atoms with Crippen LogP contribution < -0.4 is 51.4 Å². The van der Waals surface area contributed by atoms with Crippen LogP contribution in [0.25, 0.3) is 10.8 Å². The Morgan fingerprint density at radius 3 is 2.12 bits per heavy atom. The van der Waals surface area contributed by atoms with Crippen LogP contribution in [0.15, 0.2) is 40.9 Å². The average molecular weight is 327 g/mol. The zero-order chi connectivity index (χ0) is 11.8. The van der Waals surface area contributed by atoms with Crippen LogP contribution in [-0.2, 0) is 6.32 Å². The van der Waals surface area contributed by atoms with E-state index in [0.717, 1.165) is 9.86 Å². The third-order valence-corrected chi connectivity index (χ3v) is 3.10. The summed E-state index contributed by atoms with van der Waals surface area (Å²) in [5.74, 6) is 0. The predicted molar refractivity (Wildman–Crippen MR) is 64.4 cm³/mol. The van der Waals surface area contributed by atoms with Gasteiger partial charge in [-0.05, 0) is 16.8 Å². The topological polar surface area (TPSA) is 0 Å². The largest absolute Gasteiger partial charge is 1.00 e. The van der Waals surface area contributed by atoms with Crippen molar-refractivity contribution in [3.05, 3.63) is 46.4 Å². The fraction of sp³-hybridized carbons (Fsp3) is 0.0909. The molecule has 2 aromatic rings. The van der Waals surface area contributed by atoms with E-state index in [0.29, 0.717) is 10.9 Å². The summed E-state index contributed by atoms with van der Waals surface area (Å²) in [5.41, 5.74) is 0.339. The second kappa shape index (κ2) is 6.21. The van der Waals surface area contributed by atoms with Crippen molar-refractivity contribution in [3.63, 3.8) is 0 Å². The summed E-state index contributed by atoms with van der Waals surface area (Å²) in [6.45, 7) is -4.79. The second-order valence-electron chi connectivity index (χ2n) is 3.67. The van der Waals surface area contributed by atoms with Crippen LogP contribution in [0.2, 0.25) is 0 Å². The van der Waals surface area contributed by atoms with E-state index in [-0.39, 0.29) is 51.4 Å². The Morgan fingerprint density at radius 2 is 1.53 bits per heavy atom. The molecule has 2 aromatic carbocycles. The number of halogens is 4. The first-order valence-corrected chi connectivity index (χ1v) is 5.64. The standard InChI is InChI=1S/C11H8BBrF3.K/c13-11-6-5-8(7-12(14,15)16)9-3-1-2-4-10(9)11;/h1-6H,7H2;/q-1;+1. The molecule has 2 rings (SSSR count). The molecule has 0 aliphatic carbocycles. The van der Waals surface area contributed by atoms with Crippen LogP contribution in [-0.4, -0.2) is 6.98 Å². The molecular formula is C11H8BBrF3K. The van der Waals surface area contributed by atoms with Crippen LogP contribution in [0.5, 0.6) is 0 Å². The minimum atomic E-state index is -4.79. The van der Waals surface area contributed by atoms with Crippen molar-refractivity contribution in [1.82, 2.24) is 0 Å². The summed E-state index contributed by atoms with van der Waals surface area (Å²) < 4.78 is 38.1. The second-order valence-corrected chi connectivity index (χ2v) is 4.52. The van der Waals surface area contributed by atoms with E-state index >= 15 is 0 Å². The van der Waals surface area contributed by atoms with Crippen LogP contribution in [0.1, 0.15) is 5.56 Å². The van der Waals surface area contributed by atoms with Gasteiger partial charge in [0.2, 0.25) is 0 Å². The molecule has 0 aromatic heterocycles. The van der Waals surface area contributed by atoms with Crippen LogP contribution in [0.4, 0.5) is 12.9 Å². The quantitative estimate of drug-likeness (QED) is 0.734. The Hall–Kier alpha value is 0.671. The summed E-state index contributed by atoms with van der Waals surface area (Å²) in [7, 11) is 0. The number of hydrogen-bond acceptors (Lipinski definition) is 0. The number of hydrogen-bond donors (Lipinski definition) is 0. The van der Waals surface area contributed by atoms with Gasteiger partial charge >= 0.3 is 58.4 Å². The summed E-state index contributed by atoms with van der Waals surface area (Å²) in [6.07, 6.45) is -0.826. The first-order chi connectivity index (χ1) is 7.47. The molecule has 0 radical (unpaired) electrons. The summed E-state index contributed by atoms with van der Waals surface area (Å²) in [4.78, 5) is 0. The Kier molecular flexibility index (Phi) is 5.75. The molecule has 0 saturated carbocycles. The fourth-order valence-corrected chi connectivity index (χ4v) is 2.23. The molecule has 0 bridgehead atoms. The first kappa shape index (κ1) is 15.7. The van der Waals surface area contributed by atoms with Gasteiger partial charge in [-0.25, -0.2) is 0 Å². The van der Waals surface area contributed by atoms with Gasteiger partial charge in [-0.1, -0.05) is 58.1 Å². The van der Waals surface area contributed by atoms with Crippen LogP contribution >= 0.6 is 15.9 Å². The molecule has 0 N–H and O–H groups in total. The average Bonchev–Trinajstić information content (AvgIpc) is 2.21. The third-order valence-electron chi connectivity index (χ3n) is 2.41. The van der Waals surface area contributed by atoms with Crippen molar-refractivity contribution < 1.29 is 64.3 Å². The minimum Gasteiger partial charge on any atom is -0.449 e. The normalized spacial score (nSPS) is 11.3. The van der Waals surface area contributed by atoms with E-state index in [9.17, 15) is 12.9 Å². The van der Waals surface area contributed by atoms with E-state index in [1.54, 1.807) is 18.2 Å². The number of fused-ring (bicyclic) bond motifs is 1. The van der Waals surface area contributed by atoms with Gasteiger partial charge in [-0.2, -0.15) is 0 Å². The SMILES string of the molecule is F[B-](F)(F)Cc1ccc(Br)c2ccccc12.[K+]. The first-order valence-electron chi connectivity index (χ1n) is 4.84. The van der Waals surface area contributed by atoms with Crippen molar-refractivity contribution in [2.75, 3.05) is 0 Å². The zero-order valence-electron chi connectivity index (χ0n) is 9.26. The molecule has 84 valence electrons. The third kappa shape index (κ3) is 4.08. The van der Waals surface area contributed by atoms with E-state index in [1.165, 1.54) is 6.07 Å². The van der Waals surface area contributed by atoms with E-state index in [4.69, 9.17) is 0 Å². The number of benzene rings is 2. The maximum Gasteiger partial charge on any atom is 1.00 e. The predicted octanol–water partition coefficient (Wildman–Crippen LogP) is 1.54. The molecule has 0 atom stereocenters. The maximum atomic E-state index is 12.4. The molecule has 0 unspecified atom stereocenters. The van der Waals surface area contributed by atoms with Crippen molar-refractivity contribution >= 4 is 33.7 Å². The van der Waals surface area contributed by atoms with Gasteiger partial charge in [0.05, 0.1) is 0 Å². The molecule has 0 heterocycles. The number of rotatable bonds is 2. The Bertz CT molecular complexity index is 528. The van der Waals surface area contributed by atoms with Crippen molar-refractivity contribution in [1.29, 1.82) is 0 Å². The van der Waals surface area contributed by atoms with Crippen molar-refractivity contribution in [3.8, 4) is 0 Å². The molecular weight excluding hydrogens is 319 g/mol. The van der Waals surface area contributed by atoms with Gasteiger partial charge in [-0.15, -0.1) is 0 Å². The maximum absolute atomic E-state index is 12.4. The van der Waals surface area contributed by atoms with Gasteiger partial charge in [0, 0.05) is 4.47 Å². The van der Waals surface area contributed by atoms with Crippen LogP contribution in [0.3, 0.4) is 0 Å². The molecule has 0 fully saturated rings. The Balaban J connectivity index is 0.00000144. The van der Waals surface area contributed by atoms with Gasteiger partial charge < -0.3 is 12.9 Å². The molecule has 0 amide bonds. The zero-order valence-corrected chi connectivity index (χ0v) is 14.0. The minimum absolute atomic E-state index is 0. The Labute approximate surface area is 149 Å². The molecule has 0 nitrogen and oxygen atoms in total. The van der Waals surface area contributed by atoms with Gasteiger partial charge in [0.1, 0.15) is 0 Å². The molecule has 0 spiro atoms. The van der Waals surface area contributed by atoms with Crippen molar-refractivity contribution in [2.45, 2.75) is 6.32 Å². The van der Waals surface area contributed by atoms with Crippen LogP contribution in [0, 0.1) is 0 Å².